The monoisotopic (exact) mass is 273 g/mol. The fourth-order valence-corrected chi connectivity index (χ4v) is 2.23. The van der Waals surface area contributed by atoms with Crippen molar-refractivity contribution in [2.45, 2.75) is 13.5 Å². The second-order valence-corrected chi connectivity index (χ2v) is 4.76. The molecule has 2 heterocycles. The summed E-state index contributed by atoms with van der Waals surface area (Å²) in [6, 6.07) is 7.66. The summed E-state index contributed by atoms with van der Waals surface area (Å²) in [5.74, 6) is 1.10. The minimum atomic E-state index is 0.458. The molecule has 0 unspecified atom stereocenters. The predicted molar refractivity (Wildman–Crippen MR) is 75.0 cm³/mol. The number of fused-ring (bicyclic) bond motifs is 1. The summed E-state index contributed by atoms with van der Waals surface area (Å²) in [5, 5.41) is 5.79. The molecule has 3 rings (SSSR count). The molecule has 0 saturated heterocycles. The van der Waals surface area contributed by atoms with Crippen LogP contribution in [-0.4, -0.2) is 19.7 Å². The summed E-state index contributed by atoms with van der Waals surface area (Å²) in [4.78, 5) is 8.52. The van der Waals surface area contributed by atoms with Crippen LogP contribution in [0, 0.1) is 6.92 Å². The smallest absolute Gasteiger partial charge is 0.163 e. The van der Waals surface area contributed by atoms with Crippen LogP contribution in [0.5, 0.6) is 0 Å². The van der Waals surface area contributed by atoms with Gasteiger partial charge in [-0.1, -0.05) is 23.7 Å². The van der Waals surface area contributed by atoms with Gasteiger partial charge >= 0.3 is 0 Å². The fraction of sp³-hybridized carbons (Fsp3) is 0.154. The first-order valence-corrected chi connectivity index (χ1v) is 6.21. The van der Waals surface area contributed by atoms with E-state index < -0.39 is 0 Å². The van der Waals surface area contributed by atoms with Crippen molar-refractivity contribution >= 4 is 28.5 Å². The molecular weight excluding hydrogens is 262 g/mol. The van der Waals surface area contributed by atoms with E-state index in [2.05, 4.69) is 15.1 Å². The zero-order valence-corrected chi connectivity index (χ0v) is 11.1. The third-order valence-electron chi connectivity index (χ3n) is 2.86. The maximum absolute atomic E-state index is 5.98. The standard InChI is InChI=1S/C13H12ClN5/c1-8-17-12(15)11-6-16-19(13(11)18-8)7-9-3-2-4-10(14)5-9/h2-6H,7H2,1H3,(H2,15,17,18). The van der Waals surface area contributed by atoms with Crippen LogP contribution >= 0.6 is 11.6 Å². The summed E-state index contributed by atoms with van der Waals surface area (Å²) < 4.78 is 1.80. The number of hydrogen-bond donors (Lipinski definition) is 1. The van der Waals surface area contributed by atoms with Gasteiger partial charge in [-0.2, -0.15) is 5.10 Å². The summed E-state index contributed by atoms with van der Waals surface area (Å²) in [6.07, 6.45) is 1.69. The molecule has 0 spiro atoms. The molecule has 0 saturated carbocycles. The highest BCUT2D eigenvalue weighted by Gasteiger charge is 2.09. The molecule has 0 atom stereocenters. The first kappa shape index (κ1) is 11.9. The molecule has 0 amide bonds. The summed E-state index contributed by atoms with van der Waals surface area (Å²) in [7, 11) is 0. The number of nitrogens with two attached hydrogens (primary N) is 1. The number of anilines is 1. The van der Waals surface area contributed by atoms with Crippen molar-refractivity contribution in [3.05, 3.63) is 46.9 Å². The lowest BCUT2D eigenvalue weighted by atomic mass is 10.2. The Labute approximate surface area is 115 Å². The van der Waals surface area contributed by atoms with E-state index in [0.29, 0.717) is 23.2 Å². The van der Waals surface area contributed by atoms with E-state index in [1.54, 1.807) is 10.9 Å². The van der Waals surface area contributed by atoms with Crippen molar-refractivity contribution < 1.29 is 0 Å². The van der Waals surface area contributed by atoms with Crippen molar-refractivity contribution in [2.24, 2.45) is 0 Å². The summed E-state index contributed by atoms with van der Waals surface area (Å²) >= 11 is 5.98. The molecule has 6 heteroatoms. The normalized spacial score (nSPS) is 11.1. The Balaban J connectivity index is 2.06. The van der Waals surface area contributed by atoms with E-state index in [9.17, 15) is 0 Å². The number of aryl methyl sites for hydroxylation is 1. The van der Waals surface area contributed by atoms with Gasteiger partial charge in [0.15, 0.2) is 5.65 Å². The third-order valence-corrected chi connectivity index (χ3v) is 3.09. The Morgan fingerprint density at radius 3 is 2.95 bits per heavy atom. The molecule has 3 aromatic rings. The van der Waals surface area contributed by atoms with Gasteiger partial charge < -0.3 is 5.73 Å². The number of benzene rings is 1. The van der Waals surface area contributed by atoms with Gasteiger partial charge in [0.2, 0.25) is 0 Å². The van der Waals surface area contributed by atoms with Gasteiger partial charge in [0.1, 0.15) is 11.6 Å². The highest BCUT2D eigenvalue weighted by Crippen LogP contribution is 2.19. The molecule has 0 radical (unpaired) electrons. The largest absolute Gasteiger partial charge is 0.383 e. The molecule has 19 heavy (non-hydrogen) atoms. The lowest BCUT2D eigenvalue weighted by Gasteiger charge is -2.04. The molecule has 2 N–H and O–H groups in total. The maximum atomic E-state index is 5.98. The average molecular weight is 274 g/mol. The third kappa shape index (κ3) is 2.24. The Bertz CT molecular complexity index is 750. The second-order valence-electron chi connectivity index (χ2n) is 4.33. The molecule has 96 valence electrons. The molecule has 0 aliphatic carbocycles. The molecule has 0 bridgehead atoms. The van der Waals surface area contributed by atoms with E-state index in [1.165, 1.54) is 0 Å². The Morgan fingerprint density at radius 2 is 2.16 bits per heavy atom. The predicted octanol–water partition coefficient (Wildman–Crippen LogP) is 2.42. The van der Waals surface area contributed by atoms with Crippen molar-refractivity contribution in [1.82, 2.24) is 19.7 Å². The van der Waals surface area contributed by atoms with Gasteiger partial charge in [-0.25, -0.2) is 14.6 Å². The quantitative estimate of drug-likeness (QED) is 0.778. The van der Waals surface area contributed by atoms with Gasteiger partial charge in [-0.05, 0) is 24.6 Å². The lowest BCUT2D eigenvalue weighted by molar-refractivity contribution is 0.702. The SMILES string of the molecule is Cc1nc(N)c2cnn(Cc3cccc(Cl)c3)c2n1. The number of nitrogens with zero attached hydrogens (tertiary/aromatic N) is 4. The van der Waals surface area contributed by atoms with Crippen LogP contribution in [0.4, 0.5) is 5.82 Å². The molecule has 2 aromatic heterocycles. The van der Waals surface area contributed by atoms with Crippen molar-refractivity contribution in [1.29, 1.82) is 0 Å². The number of aromatic nitrogens is 4. The number of halogens is 1. The topological polar surface area (TPSA) is 69.6 Å². The molecule has 5 nitrogen and oxygen atoms in total. The highest BCUT2D eigenvalue weighted by molar-refractivity contribution is 6.30. The van der Waals surface area contributed by atoms with Crippen LogP contribution in [0.15, 0.2) is 30.5 Å². The van der Waals surface area contributed by atoms with Crippen molar-refractivity contribution in [2.75, 3.05) is 5.73 Å². The van der Waals surface area contributed by atoms with Gasteiger partial charge in [0.25, 0.3) is 0 Å². The van der Waals surface area contributed by atoms with Gasteiger partial charge in [-0.3, -0.25) is 0 Å². The summed E-state index contributed by atoms with van der Waals surface area (Å²) in [5.41, 5.74) is 7.67. The molecular formula is C13H12ClN5. The number of hydrogen-bond acceptors (Lipinski definition) is 4. The summed E-state index contributed by atoms with van der Waals surface area (Å²) in [6.45, 7) is 2.41. The molecule has 0 fully saturated rings. The van der Waals surface area contributed by atoms with Crippen molar-refractivity contribution in [3.8, 4) is 0 Å². The van der Waals surface area contributed by atoms with Crippen molar-refractivity contribution in [3.63, 3.8) is 0 Å². The number of rotatable bonds is 2. The van der Waals surface area contributed by atoms with E-state index in [1.807, 2.05) is 31.2 Å². The van der Waals surface area contributed by atoms with Crippen LogP contribution in [0.3, 0.4) is 0 Å². The van der Waals surface area contributed by atoms with Gasteiger partial charge in [0.05, 0.1) is 18.1 Å². The first-order chi connectivity index (χ1) is 9.13. The van der Waals surface area contributed by atoms with Gasteiger partial charge in [0, 0.05) is 5.02 Å². The number of nitrogen functional groups attached to an aromatic ring is 1. The zero-order valence-electron chi connectivity index (χ0n) is 10.3. The minimum Gasteiger partial charge on any atom is -0.383 e. The van der Waals surface area contributed by atoms with E-state index in [4.69, 9.17) is 17.3 Å². The second kappa shape index (κ2) is 4.51. The minimum absolute atomic E-state index is 0.458. The van der Waals surface area contributed by atoms with Crippen LogP contribution in [0.1, 0.15) is 11.4 Å². The van der Waals surface area contributed by atoms with E-state index in [-0.39, 0.29) is 0 Å². The zero-order chi connectivity index (χ0) is 13.4. The highest BCUT2D eigenvalue weighted by atomic mass is 35.5. The Kier molecular flexibility index (Phi) is 2.83. The molecule has 0 aliphatic heterocycles. The van der Waals surface area contributed by atoms with Gasteiger partial charge in [-0.15, -0.1) is 0 Å². The van der Waals surface area contributed by atoms with Crippen LogP contribution < -0.4 is 5.73 Å². The average Bonchev–Trinajstić information content (AvgIpc) is 2.73. The molecule has 1 aromatic carbocycles. The molecule has 0 aliphatic rings. The first-order valence-electron chi connectivity index (χ1n) is 5.83. The van der Waals surface area contributed by atoms with E-state index >= 15 is 0 Å². The van der Waals surface area contributed by atoms with Crippen LogP contribution in [0.2, 0.25) is 5.02 Å². The van der Waals surface area contributed by atoms with E-state index in [0.717, 1.165) is 16.6 Å². The Hall–Kier alpha value is -2.14. The Morgan fingerprint density at radius 1 is 1.32 bits per heavy atom. The fourth-order valence-electron chi connectivity index (χ4n) is 2.01. The maximum Gasteiger partial charge on any atom is 0.163 e. The van der Waals surface area contributed by atoms with Crippen LogP contribution in [-0.2, 0) is 6.54 Å². The lowest BCUT2D eigenvalue weighted by Crippen LogP contribution is -2.04. The van der Waals surface area contributed by atoms with Crippen LogP contribution in [0.25, 0.3) is 11.0 Å².